The maximum atomic E-state index is 13.3. The molecule has 12 rings (SSSR count). The first-order valence-electron chi connectivity index (χ1n) is 38.9. The Kier molecular flexibility index (Phi) is 24.9. The molecule has 0 radical (unpaired) electrons. The molecule has 0 N–H and O–H groups in total. The zero-order valence-corrected chi connectivity index (χ0v) is 66.8. The third-order valence-corrected chi connectivity index (χ3v) is 22.2. The fourth-order valence-electron chi connectivity index (χ4n) is 16.7. The standard InChI is InChI=1S/C31H39N3O2.2C30H37N3O2/c1-7-22-20-24(33(9-3)10-4)15-17-26(22)31(28-14-13-19-32-29(28)30(35)36-31)27-18-16-25(21-23(27)8-2)34(11-5)12-6;1-8-32(9-2)23-12-14-25(21(6)17-23)30(27-16-20(5)19-31-28(27)29(34)35-30)26-15-13-24(18-22(26)7)33(10-3)11-4;1-8-32(9-2)23-12-14-25(21(6)18-23)30(27-20(5)16-17-31-28(27)29(34)35-30)26-15-13-24(19-22(26)7)33(10-3)11-4/h13-21H,7-12H2,1-6H3;2*12-19H,8-11H2,1-7H3. The van der Waals surface area contributed by atoms with Crippen molar-refractivity contribution in [3.63, 3.8) is 0 Å². The van der Waals surface area contributed by atoms with E-state index < -0.39 is 16.8 Å². The summed E-state index contributed by atoms with van der Waals surface area (Å²) < 4.78 is 19.3. The van der Waals surface area contributed by atoms with Gasteiger partial charge in [0, 0.05) is 181 Å². The summed E-state index contributed by atoms with van der Waals surface area (Å²) in [7, 11) is 0. The lowest BCUT2D eigenvalue weighted by Crippen LogP contribution is -2.33. The van der Waals surface area contributed by atoms with Gasteiger partial charge in [-0.1, -0.05) is 56.3 Å². The summed E-state index contributed by atoms with van der Waals surface area (Å²) in [6, 6.07) is 47.1. The minimum atomic E-state index is -1.04. The van der Waals surface area contributed by atoms with Crippen molar-refractivity contribution in [3.05, 3.63) is 264 Å². The number of fused-ring (bicyclic) bond motifs is 3. The Balaban J connectivity index is 0.000000170. The van der Waals surface area contributed by atoms with Crippen LogP contribution in [-0.4, -0.2) is 111 Å². The number of hydrogen-bond acceptors (Lipinski definition) is 15. The summed E-state index contributed by atoms with van der Waals surface area (Å²) in [5, 5.41) is 0. The molecular weight excluding hydrogens is 1320 g/mol. The molecule has 0 unspecified atom stereocenters. The number of rotatable bonds is 26. The zero-order chi connectivity index (χ0) is 76.5. The zero-order valence-electron chi connectivity index (χ0n) is 66.8. The van der Waals surface area contributed by atoms with E-state index in [0.29, 0.717) is 17.1 Å². The van der Waals surface area contributed by atoms with Gasteiger partial charge < -0.3 is 43.6 Å². The summed E-state index contributed by atoms with van der Waals surface area (Å²) in [6.07, 6.45) is 6.77. The summed E-state index contributed by atoms with van der Waals surface area (Å²) in [4.78, 5) is 67.1. The number of ether oxygens (including phenoxy) is 3. The molecule has 3 aliphatic heterocycles. The highest BCUT2D eigenvalue weighted by molar-refractivity contribution is 5.97. The number of carbonyl (C=O) groups excluding carboxylic acids is 3. The monoisotopic (exact) mass is 1430 g/mol. The van der Waals surface area contributed by atoms with Crippen molar-refractivity contribution in [2.45, 2.75) is 168 Å². The van der Waals surface area contributed by atoms with Gasteiger partial charge in [0.1, 0.15) is 0 Å². The molecule has 15 heteroatoms. The molecule has 0 saturated heterocycles. The Morgan fingerprint density at radius 3 is 0.943 bits per heavy atom. The Bertz CT molecular complexity index is 4450. The van der Waals surface area contributed by atoms with Gasteiger partial charge in [0.05, 0.1) is 0 Å². The predicted molar refractivity (Wildman–Crippen MR) is 436 cm³/mol. The van der Waals surface area contributed by atoms with Crippen molar-refractivity contribution in [2.75, 3.05) is 108 Å². The maximum absolute atomic E-state index is 13.3. The topological polar surface area (TPSA) is 137 Å². The highest BCUT2D eigenvalue weighted by Gasteiger charge is 2.54. The second-order valence-electron chi connectivity index (χ2n) is 27.8. The molecule has 0 spiro atoms. The van der Waals surface area contributed by atoms with Crippen LogP contribution in [0.15, 0.2) is 152 Å². The molecule has 0 saturated carbocycles. The highest BCUT2D eigenvalue weighted by atomic mass is 16.6. The Morgan fingerprint density at radius 2 is 0.594 bits per heavy atom. The molecule has 6 aromatic carbocycles. The molecule has 15 nitrogen and oxygen atoms in total. The molecule has 106 heavy (non-hydrogen) atoms. The number of benzene rings is 6. The lowest BCUT2D eigenvalue weighted by Gasteiger charge is -2.35. The van der Waals surface area contributed by atoms with Gasteiger partial charge in [-0.05, 0) is 273 Å². The van der Waals surface area contributed by atoms with E-state index in [0.717, 1.165) is 175 Å². The van der Waals surface area contributed by atoms with E-state index in [1.807, 2.05) is 32.0 Å². The summed E-state index contributed by atoms with van der Waals surface area (Å²) in [5.41, 5.74) is 22.3. The molecule has 9 aromatic rings. The van der Waals surface area contributed by atoms with Gasteiger partial charge in [-0.2, -0.15) is 0 Å². The number of cyclic esters (lactones) is 3. The average molecular weight is 1430 g/mol. The van der Waals surface area contributed by atoms with Gasteiger partial charge in [-0.25, -0.2) is 29.3 Å². The first-order chi connectivity index (χ1) is 51.1. The summed E-state index contributed by atoms with van der Waals surface area (Å²) >= 11 is 0. The smallest absolute Gasteiger partial charge is 0.358 e. The lowest BCUT2D eigenvalue weighted by molar-refractivity contribution is 0.0235. The number of aromatic nitrogens is 3. The molecule has 558 valence electrons. The Morgan fingerprint density at radius 1 is 0.292 bits per heavy atom. The van der Waals surface area contributed by atoms with Crippen molar-refractivity contribution < 1.29 is 28.6 Å². The van der Waals surface area contributed by atoms with Crippen LogP contribution in [0.4, 0.5) is 34.1 Å². The first kappa shape index (κ1) is 78.6. The number of aryl methyl sites for hydroxylation is 8. The fourth-order valence-corrected chi connectivity index (χ4v) is 16.7. The predicted octanol–water partition coefficient (Wildman–Crippen LogP) is 18.7. The second-order valence-corrected chi connectivity index (χ2v) is 27.8. The number of esters is 3. The maximum Gasteiger partial charge on any atom is 0.358 e. The van der Waals surface area contributed by atoms with E-state index in [2.05, 4.69) is 284 Å². The van der Waals surface area contributed by atoms with E-state index in [4.69, 9.17) is 14.2 Å². The third kappa shape index (κ3) is 14.2. The van der Waals surface area contributed by atoms with Gasteiger partial charge >= 0.3 is 17.9 Å². The molecule has 3 aromatic heterocycles. The quantitative estimate of drug-likeness (QED) is 0.0375. The van der Waals surface area contributed by atoms with Crippen molar-refractivity contribution in [3.8, 4) is 0 Å². The van der Waals surface area contributed by atoms with Gasteiger partial charge in [-0.15, -0.1) is 0 Å². The number of nitrogens with zero attached hydrogens (tertiary/aromatic N) is 9. The van der Waals surface area contributed by atoms with E-state index in [-0.39, 0.29) is 17.9 Å². The third-order valence-electron chi connectivity index (χ3n) is 22.2. The number of anilines is 6. The van der Waals surface area contributed by atoms with Crippen LogP contribution in [0.5, 0.6) is 0 Å². The fraction of sp³-hybridized carbons (Fsp3) is 0.407. The van der Waals surface area contributed by atoms with Gasteiger partial charge in [0.2, 0.25) is 0 Å². The van der Waals surface area contributed by atoms with Gasteiger partial charge in [0.25, 0.3) is 0 Å². The van der Waals surface area contributed by atoms with Crippen molar-refractivity contribution in [1.29, 1.82) is 0 Å². The first-order valence-corrected chi connectivity index (χ1v) is 38.9. The summed E-state index contributed by atoms with van der Waals surface area (Å²) in [6.45, 7) is 54.1. The lowest BCUT2D eigenvalue weighted by atomic mass is 9.75. The van der Waals surface area contributed by atoms with Crippen molar-refractivity contribution in [2.24, 2.45) is 0 Å². The van der Waals surface area contributed by atoms with Crippen LogP contribution < -0.4 is 29.4 Å². The van der Waals surface area contributed by atoms with E-state index >= 15 is 0 Å². The van der Waals surface area contributed by atoms with Crippen LogP contribution in [0.2, 0.25) is 0 Å². The van der Waals surface area contributed by atoms with Crippen LogP contribution in [0, 0.1) is 41.5 Å². The van der Waals surface area contributed by atoms with Gasteiger partial charge in [-0.3, -0.25) is 0 Å². The van der Waals surface area contributed by atoms with Crippen molar-refractivity contribution in [1.82, 2.24) is 15.0 Å². The Hall–Kier alpha value is -10.0. The Labute approximate surface area is 632 Å². The molecule has 0 amide bonds. The molecule has 0 fully saturated rings. The normalized spacial score (nSPS) is 13.9. The summed E-state index contributed by atoms with van der Waals surface area (Å²) in [5.74, 6) is -1.11. The second kappa shape index (κ2) is 33.6. The van der Waals surface area contributed by atoms with Crippen molar-refractivity contribution >= 4 is 52.0 Å². The van der Waals surface area contributed by atoms with Crippen LogP contribution in [0.25, 0.3) is 0 Å². The minimum Gasteiger partial charge on any atom is -0.439 e. The number of hydrogen-bond donors (Lipinski definition) is 0. The van der Waals surface area contributed by atoms with E-state index in [1.54, 1.807) is 18.6 Å². The molecule has 0 aliphatic carbocycles. The molecule has 0 bridgehead atoms. The number of pyridine rings is 3. The molecule has 6 heterocycles. The SMILES string of the molecule is CCN(CC)c1ccc(C2(c3ccc(N(CC)CC)cc3C)OC(=O)c3ncc(C)cc32)c(C)c1.CCN(CC)c1ccc(C2(c3ccc(N(CC)CC)cc3C)OC(=O)c3nccc(C)c32)c(C)c1.CCc1cc(N(CC)CC)ccc1C1(c2ccc(N(CC)CC)cc2CC)OC(=O)c2ncccc21. The highest BCUT2D eigenvalue weighted by Crippen LogP contribution is 2.54. The number of carbonyl (C=O) groups is 3. The van der Waals surface area contributed by atoms with Crippen LogP contribution in [0.3, 0.4) is 0 Å². The molecule has 3 aliphatic rings. The van der Waals surface area contributed by atoms with E-state index in [9.17, 15) is 14.4 Å². The molecule has 0 atom stereocenters. The minimum absolute atomic E-state index is 0.365. The van der Waals surface area contributed by atoms with Gasteiger partial charge in [0.15, 0.2) is 33.9 Å². The largest absolute Gasteiger partial charge is 0.439 e. The van der Waals surface area contributed by atoms with Crippen LogP contribution in [-0.2, 0) is 43.9 Å². The van der Waals surface area contributed by atoms with E-state index in [1.165, 1.54) is 45.3 Å². The van der Waals surface area contributed by atoms with Crippen LogP contribution >= 0.6 is 0 Å². The average Bonchev–Trinajstić information content (AvgIpc) is 1.54. The van der Waals surface area contributed by atoms with Crippen LogP contribution in [0.1, 0.15) is 223 Å². The molecular formula is C91H113N9O6.